The van der Waals surface area contributed by atoms with Crippen LogP contribution in [0.5, 0.6) is 5.75 Å². The monoisotopic (exact) mass is 411 g/mol. The van der Waals surface area contributed by atoms with Gasteiger partial charge < -0.3 is 20.3 Å². The Kier molecular flexibility index (Phi) is 5.92. The minimum Gasteiger partial charge on any atom is -0.497 e. The van der Waals surface area contributed by atoms with Gasteiger partial charge in [0.2, 0.25) is 0 Å². The molecule has 1 aliphatic heterocycles. The zero-order valence-electron chi connectivity index (χ0n) is 16.6. The quantitative estimate of drug-likeness (QED) is 0.649. The van der Waals surface area contributed by atoms with E-state index >= 15 is 0 Å². The number of carbonyl (C=O) groups is 1. The maximum Gasteiger partial charge on any atom is 0.261 e. The zero-order valence-corrected chi connectivity index (χ0v) is 17.5. The molecule has 152 valence electrons. The maximum atomic E-state index is 12.7. The highest BCUT2D eigenvalue weighted by atomic mass is 32.1. The molecule has 1 aliphatic rings. The van der Waals surface area contributed by atoms with Crippen molar-refractivity contribution in [2.75, 3.05) is 32.6 Å². The minimum absolute atomic E-state index is 0.0244. The Bertz CT molecular complexity index is 980. The molecule has 29 heavy (non-hydrogen) atoms. The summed E-state index contributed by atoms with van der Waals surface area (Å²) in [5.74, 6) is 1.54. The van der Waals surface area contributed by atoms with Gasteiger partial charge in [0, 0.05) is 12.6 Å². The maximum absolute atomic E-state index is 12.7. The average Bonchev–Trinajstić information content (AvgIpc) is 3.19. The second kappa shape index (κ2) is 8.75. The Morgan fingerprint density at radius 1 is 1.24 bits per heavy atom. The summed E-state index contributed by atoms with van der Waals surface area (Å²) < 4.78 is 5.19. The third-order valence-corrected chi connectivity index (χ3v) is 6.27. The number of hydrogen-bond acceptors (Lipinski definition) is 7. The van der Waals surface area contributed by atoms with Crippen molar-refractivity contribution >= 4 is 33.3 Å². The Hall–Kier alpha value is -2.71. The lowest BCUT2D eigenvalue weighted by Crippen LogP contribution is -2.43. The molecule has 1 aromatic carbocycles. The van der Waals surface area contributed by atoms with Gasteiger partial charge >= 0.3 is 0 Å². The molecular formula is C21H25N5O2S. The number of thiophene rings is 1. The molecule has 0 radical (unpaired) electrons. The van der Waals surface area contributed by atoms with Gasteiger partial charge in [0.1, 0.15) is 22.7 Å². The van der Waals surface area contributed by atoms with Crippen molar-refractivity contribution in [1.29, 1.82) is 0 Å². The summed E-state index contributed by atoms with van der Waals surface area (Å²) in [7, 11) is 3.77. The number of ether oxygens (including phenoxy) is 1. The van der Waals surface area contributed by atoms with Crippen LogP contribution in [0.4, 0.5) is 5.82 Å². The average molecular weight is 412 g/mol. The number of likely N-dealkylation sites (tertiary alicyclic amines) is 1. The first kappa shape index (κ1) is 19.6. The molecular weight excluding hydrogens is 386 g/mol. The zero-order chi connectivity index (χ0) is 20.2. The van der Waals surface area contributed by atoms with Gasteiger partial charge in [-0.05, 0) is 56.7 Å². The molecule has 8 heteroatoms. The van der Waals surface area contributed by atoms with Crippen LogP contribution in [-0.2, 0) is 6.54 Å². The first-order chi connectivity index (χ1) is 14.1. The van der Waals surface area contributed by atoms with Gasteiger partial charge in [0.25, 0.3) is 5.91 Å². The summed E-state index contributed by atoms with van der Waals surface area (Å²) in [6.07, 6.45) is 3.51. The van der Waals surface area contributed by atoms with Crippen LogP contribution in [0.15, 0.2) is 36.7 Å². The molecule has 2 N–H and O–H groups in total. The van der Waals surface area contributed by atoms with Crippen molar-refractivity contribution in [2.45, 2.75) is 25.4 Å². The third kappa shape index (κ3) is 4.65. The Morgan fingerprint density at radius 2 is 2.00 bits per heavy atom. The SMILES string of the molecule is COc1ccc(CNc2ncnc3sc(C(=O)NC4CCN(C)CC4)cc23)cc1. The second-order valence-corrected chi connectivity index (χ2v) is 8.34. The molecule has 0 aliphatic carbocycles. The summed E-state index contributed by atoms with van der Waals surface area (Å²) in [5, 5.41) is 7.40. The van der Waals surface area contributed by atoms with Crippen molar-refractivity contribution in [3.63, 3.8) is 0 Å². The fraction of sp³-hybridized carbons (Fsp3) is 0.381. The molecule has 1 fully saturated rings. The molecule has 7 nitrogen and oxygen atoms in total. The number of methoxy groups -OCH3 is 1. The van der Waals surface area contributed by atoms with E-state index in [-0.39, 0.29) is 11.9 Å². The number of rotatable bonds is 6. The lowest BCUT2D eigenvalue weighted by atomic mass is 10.1. The van der Waals surface area contributed by atoms with Gasteiger partial charge in [0.05, 0.1) is 17.4 Å². The summed E-state index contributed by atoms with van der Waals surface area (Å²) >= 11 is 1.41. The van der Waals surface area contributed by atoms with Crippen molar-refractivity contribution < 1.29 is 9.53 Å². The number of fused-ring (bicyclic) bond motifs is 1. The lowest BCUT2D eigenvalue weighted by Gasteiger charge is -2.29. The summed E-state index contributed by atoms with van der Waals surface area (Å²) in [5.41, 5.74) is 1.12. The Labute approximate surface area is 174 Å². The van der Waals surface area contributed by atoms with E-state index in [1.54, 1.807) is 7.11 Å². The number of nitrogens with one attached hydrogen (secondary N) is 2. The highest BCUT2D eigenvalue weighted by Gasteiger charge is 2.21. The number of hydrogen-bond donors (Lipinski definition) is 2. The van der Waals surface area contributed by atoms with E-state index in [9.17, 15) is 4.79 Å². The second-order valence-electron chi connectivity index (χ2n) is 7.30. The Balaban J connectivity index is 1.45. The summed E-state index contributed by atoms with van der Waals surface area (Å²) in [6, 6.07) is 10.0. The number of aromatic nitrogens is 2. The van der Waals surface area contributed by atoms with Crippen molar-refractivity contribution in [1.82, 2.24) is 20.2 Å². The molecule has 3 heterocycles. The van der Waals surface area contributed by atoms with Crippen molar-refractivity contribution in [3.05, 3.63) is 47.1 Å². The molecule has 0 unspecified atom stereocenters. The molecule has 0 bridgehead atoms. The van der Waals surface area contributed by atoms with Gasteiger partial charge in [-0.15, -0.1) is 11.3 Å². The highest BCUT2D eigenvalue weighted by molar-refractivity contribution is 7.20. The topological polar surface area (TPSA) is 79.4 Å². The number of piperidine rings is 1. The van der Waals surface area contributed by atoms with E-state index in [0.29, 0.717) is 11.4 Å². The molecule has 3 aromatic rings. The summed E-state index contributed by atoms with van der Waals surface area (Å²) in [6.45, 7) is 2.66. The van der Waals surface area contributed by atoms with E-state index in [0.717, 1.165) is 53.3 Å². The van der Waals surface area contributed by atoms with Crippen LogP contribution in [0, 0.1) is 0 Å². The van der Waals surface area contributed by atoms with E-state index in [4.69, 9.17) is 4.74 Å². The predicted octanol–water partition coefficient (Wildman–Crippen LogP) is 3.14. The van der Waals surface area contributed by atoms with Crippen LogP contribution >= 0.6 is 11.3 Å². The minimum atomic E-state index is -0.0244. The first-order valence-corrected chi connectivity index (χ1v) is 10.5. The van der Waals surface area contributed by atoms with E-state index in [2.05, 4.69) is 32.5 Å². The largest absolute Gasteiger partial charge is 0.497 e. The number of benzene rings is 1. The van der Waals surface area contributed by atoms with Crippen LogP contribution in [0.3, 0.4) is 0 Å². The fourth-order valence-corrected chi connectivity index (χ4v) is 4.35. The molecule has 1 saturated heterocycles. The van der Waals surface area contributed by atoms with Crippen molar-refractivity contribution in [3.8, 4) is 5.75 Å². The number of nitrogens with zero attached hydrogens (tertiary/aromatic N) is 3. The molecule has 4 rings (SSSR count). The number of amides is 1. The van der Waals surface area contributed by atoms with Crippen LogP contribution in [0.25, 0.3) is 10.2 Å². The molecule has 0 spiro atoms. The van der Waals surface area contributed by atoms with Crippen LogP contribution in [0.2, 0.25) is 0 Å². The van der Waals surface area contributed by atoms with E-state index < -0.39 is 0 Å². The van der Waals surface area contributed by atoms with Crippen molar-refractivity contribution in [2.24, 2.45) is 0 Å². The Morgan fingerprint density at radius 3 is 2.72 bits per heavy atom. The van der Waals surface area contributed by atoms with Gasteiger partial charge in [0.15, 0.2) is 0 Å². The fourth-order valence-electron chi connectivity index (χ4n) is 3.45. The van der Waals surface area contributed by atoms with Gasteiger partial charge in [-0.2, -0.15) is 0 Å². The predicted molar refractivity (Wildman–Crippen MR) is 116 cm³/mol. The van der Waals surface area contributed by atoms with E-state index in [1.807, 2.05) is 30.3 Å². The molecule has 1 amide bonds. The normalized spacial score (nSPS) is 15.4. The molecule has 0 saturated carbocycles. The van der Waals surface area contributed by atoms with E-state index in [1.165, 1.54) is 17.7 Å². The van der Waals surface area contributed by atoms with Gasteiger partial charge in [-0.25, -0.2) is 9.97 Å². The first-order valence-electron chi connectivity index (χ1n) is 9.73. The number of carbonyl (C=O) groups excluding carboxylic acids is 1. The molecule has 0 atom stereocenters. The number of anilines is 1. The third-order valence-electron chi connectivity index (χ3n) is 5.23. The summed E-state index contributed by atoms with van der Waals surface area (Å²) in [4.78, 5) is 25.2. The van der Waals surface area contributed by atoms with Gasteiger partial charge in [-0.1, -0.05) is 12.1 Å². The smallest absolute Gasteiger partial charge is 0.261 e. The standard InChI is InChI=1S/C21H25N5O2S/c1-26-9-7-15(8-10-26)25-20(27)18-11-17-19(23-13-24-21(17)29-18)22-12-14-3-5-16(28-2)6-4-14/h3-6,11,13,15H,7-10,12H2,1-2H3,(H,25,27)(H,22,23,24). The lowest BCUT2D eigenvalue weighted by molar-refractivity contribution is 0.0921. The molecule has 2 aromatic heterocycles. The van der Waals surface area contributed by atoms with Crippen LogP contribution in [-0.4, -0.2) is 54.1 Å². The highest BCUT2D eigenvalue weighted by Crippen LogP contribution is 2.29. The van der Waals surface area contributed by atoms with Crippen LogP contribution < -0.4 is 15.4 Å². The van der Waals surface area contributed by atoms with Crippen LogP contribution in [0.1, 0.15) is 28.1 Å². The van der Waals surface area contributed by atoms with Gasteiger partial charge in [-0.3, -0.25) is 4.79 Å².